The molecule has 1 saturated heterocycles. The zero-order valence-corrected chi connectivity index (χ0v) is 14.2. The van der Waals surface area contributed by atoms with Gasteiger partial charge in [0.1, 0.15) is 5.92 Å². The van der Waals surface area contributed by atoms with Crippen LogP contribution in [-0.4, -0.2) is 23.5 Å². The van der Waals surface area contributed by atoms with Gasteiger partial charge in [-0.1, -0.05) is 42.0 Å². The second-order valence-corrected chi connectivity index (χ2v) is 6.31. The highest BCUT2D eigenvalue weighted by molar-refractivity contribution is 6.09. The van der Waals surface area contributed by atoms with Crippen molar-refractivity contribution >= 4 is 17.5 Å². The molecular weight excluding hydrogens is 316 g/mol. The Balaban J connectivity index is 1.63. The van der Waals surface area contributed by atoms with Crippen molar-refractivity contribution in [3.63, 3.8) is 0 Å². The third-order valence-corrected chi connectivity index (χ3v) is 4.61. The van der Waals surface area contributed by atoms with Crippen LogP contribution in [0.25, 0.3) is 0 Å². The van der Waals surface area contributed by atoms with Gasteiger partial charge in [0.05, 0.1) is 6.61 Å². The van der Waals surface area contributed by atoms with Gasteiger partial charge in [0.25, 0.3) is 0 Å². The van der Waals surface area contributed by atoms with E-state index in [4.69, 9.17) is 0 Å². The fourth-order valence-electron chi connectivity index (χ4n) is 3.09. The SMILES string of the molecule is Cc1ccc(N2CC[C@@H](C(=O)NCc3ccccc3CO)C2=O)cc1. The van der Waals surface area contributed by atoms with Gasteiger partial charge < -0.3 is 15.3 Å². The lowest BCUT2D eigenvalue weighted by molar-refractivity contribution is -0.132. The second-order valence-electron chi connectivity index (χ2n) is 6.31. The number of hydrogen-bond donors (Lipinski definition) is 2. The lowest BCUT2D eigenvalue weighted by Crippen LogP contribution is -2.36. The summed E-state index contributed by atoms with van der Waals surface area (Å²) in [6.45, 7) is 2.78. The van der Waals surface area contributed by atoms with E-state index in [1.807, 2.05) is 55.5 Å². The van der Waals surface area contributed by atoms with Gasteiger partial charge in [0.2, 0.25) is 11.8 Å². The highest BCUT2D eigenvalue weighted by Crippen LogP contribution is 2.25. The molecule has 0 aliphatic carbocycles. The molecule has 0 radical (unpaired) electrons. The Labute approximate surface area is 147 Å². The molecule has 0 bridgehead atoms. The van der Waals surface area contributed by atoms with Crippen molar-refractivity contribution in [1.82, 2.24) is 5.32 Å². The molecule has 5 heteroatoms. The van der Waals surface area contributed by atoms with Gasteiger partial charge in [-0.25, -0.2) is 0 Å². The first kappa shape index (κ1) is 17.2. The summed E-state index contributed by atoms with van der Waals surface area (Å²) in [6.07, 6.45) is 0.514. The number of aliphatic hydroxyl groups is 1. The number of benzene rings is 2. The lowest BCUT2D eigenvalue weighted by Gasteiger charge is -2.17. The number of aliphatic hydroxyl groups excluding tert-OH is 1. The van der Waals surface area contributed by atoms with Crippen molar-refractivity contribution in [1.29, 1.82) is 0 Å². The van der Waals surface area contributed by atoms with E-state index in [-0.39, 0.29) is 18.4 Å². The molecule has 2 N–H and O–H groups in total. The van der Waals surface area contributed by atoms with Crippen molar-refractivity contribution in [2.24, 2.45) is 5.92 Å². The minimum atomic E-state index is -0.650. The standard InChI is InChI=1S/C20H22N2O3/c1-14-6-8-17(9-7-14)22-11-10-18(20(22)25)19(24)21-12-15-4-2-3-5-16(15)13-23/h2-9,18,23H,10-13H2,1H3,(H,21,24)/t18-/m0/s1. The van der Waals surface area contributed by atoms with Crippen molar-refractivity contribution in [2.45, 2.75) is 26.5 Å². The van der Waals surface area contributed by atoms with Crippen LogP contribution in [0.15, 0.2) is 48.5 Å². The molecule has 3 rings (SSSR count). The summed E-state index contributed by atoms with van der Waals surface area (Å²) in [7, 11) is 0. The Bertz CT molecular complexity index is 771. The number of hydrogen-bond acceptors (Lipinski definition) is 3. The van der Waals surface area contributed by atoms with Gasteiger partial charge in [0, 0.05) is 18.8 Å². The summed E-state index contributed by atoms with van der Waals surface area (Å²) in [5.74, 6) is -1.06. The van der Waals surface area contributed by atoms with Crippen LogP contribution in [0.3, 0.4) is 0 Å². The third-order valence-electron chi connectivity index (χ3n) is 4.61. The summed E-state index contributed by atoms with van der Waals surface area (Å²) in [4.78, 5) is 26.7. The third kappa shape index (κ3) is 3.72. The Morgan fingerprint density at radius 1 is 1.16 bits per heavy atom. The van der Waals surface area contributed by atoms with Gasteiger partial charge in [0.15, 0.2) is 0 Å². The molecule has 0 aromatic heterocycles. The summed E-state index contributed by atoms with van der Waals surface area (Å²) in [5.41, 5.74) is 3.60. The molecule has 1 fully saturated rings. The van der Waals surface area contributed by atoms with Crippen molar-refractivity contribution in [2.75, 3.05) is 11.4 Å². The number of aryl methyl sites for hydroxylation is 1. The fourth-order valence-corrected chi connectivity index (χ4v) is 3.09. The van der Waals surface area contributed by atoms with Gasteiger partial charge >= 0.3 is 0 Å². The van der Waals surface area contributed by atoms with E-state index in [9.17, 15) is 14.7 Å². The highest BCUT2D eigenvalue weighted by atomic mass is 16.3. The molecule has 130 valence electrons. The zero-order chi connectivity index (χ0) is 17.8. The Morgan fingerprint density at radius 3 is 2.52 bits per heavy atom. The molecular formula is C20H22N2O3. The van der Waals surface area contributed by atoms with E-state index in [2.05, 4.69) is 5.32 Å². The van der Waals surface area contributed by atoms with Crippen LogP contribution in [0.1, 0.15) is 23.1 Å². The van der Waals surface area contributed by atoms with Crippen LogP contribution >= 0.6 is 0 Å². The van der Waals surface area contributed by atoms with E-state index in [1.54, 1.807) is 4.90 Å². The van der Waals surface area contributed by atoms with E-state index in [0.29, 0.717) is 19.5 Å². The van der Waals surface area contributed by atoms with E-state index in [1.165, 1.54) is 0 Å². The summed E-state index contributed by atoms with van der Waals surface area (Å²) >= 11 is 0. The number of amides is 2. The molecule has 2 aromatic carbocycles. The monoisotopic (exact) mass is 338 g/mol. The molecule has 1 aliphatic rings. The van der Waals surface area contributed by atoms with Gasteiger partial charge in [-0.15, -0.1) is 0 Å². The highest BCUT2D eigenvalue weighted by Gasteiger charge is 2.37. The lowest BCUT2D eigenvalue weighted by atomic mass is 10.1. The van der Waals surface area contributed by atoms with Crippen molar-refractivity contribution in [3.8, 4) is 0 Å². The van der Waals surface area contributed by atoms with Crippen molar-refractivity contribution in [3.05, 3.63) is 65.2 Å². The molecule has 5 nitrogen and oxygen atoms in total. The van der Waals surface area contributed by atoms with E-state index < -0.39 is 5.92 Å². The van der Waals surface area contributed by atoms with Crippen LogP contribution in [0.5, 0.6) is 0 Å². The van der Waals surface area contributed by atoms with Crippen LogP contribution in [0.2, 0.25) is 0 Å². The Hall–Kier alpha value is -2.66. The van der Waals surface area contributed by atoms with E-state index >= 15 is 0 Å². The minimum Gasteiger partial charge on any atom is -0.392 e. The Morgan fingerprint density at radius 2 is 1.84 bits per heavy atom. The summed E-state index contributed by atoms with van der Waals surface area (Å²) in [5, 5.41) is 12.2. The number of carbonyl (C=O) groups is 2. The van der Waals surface area contributed by atoms with Gasteiger partial charge in [-0.2, -0.15) is 0 Å². The number of nitrogens with one attached hydrogen (secondary N) is 1. The van der Waals surface area contributed by atoms with Crippen LogP contribution in [0, 0.1) is 12.8 Å². The average molecular weight is 338 g/mol. The number of anilines is 1. The molecule has 0 saturated carbocycles. The average Bonchev–Trinajstić information content (AvgIpc) is 3.02. The molecule has 1 aliphatic heterocycles. The maximum Gasteiger partial charge on any atom is 0.239 e. The van der Waals surface area contributed by atoms with Gasteiger partial charge in [-0.05, 0) is 36.6 Å². The topological polar surface area (TPSA) is 69.6 Å². The first-order chi connectivity index (χ1) is 12.1. The largest absolute Gasteiger partial charge is 0.392 e. The molecule has 0 spiro atoms. The van der Waals surface area contributed by atoms with E-state index in [0.717, 1.165) is 22.4 Å². The predicted molar refractivity (Wildman–Crippen MR) is 95.9 cm³/mol. The van der Waals surface area contributed by atoms with Crippen LogP contribution in [-0.2, 0) is 22.7 Å². The number of nitrogens with zero attached hydrogens (tertiary/aromatic N) is 1. The molecule has 2 aromatic rings. The second kappa shape index (κ2) is 7.49. The Kier molecular flexibility index (Phi) is 5.14. The smallest absolute Gasteiger partial charge is 0.239 e. The molecule has 1 atom stereocenters. The normalized spacial score (nSPS) is 17.0. The van der Waals surface area contributed by atoms with Crippen LogP contribution < -0.4 is 10.2 Å². The number of carbonyl (C=O) groups excluding carboxylic acids is 2. The van der Waals surface area contributed by atoms with Gasteiger partial charge in [-0.3, -0.25) is 9.59 Å². The molecule has 1 heterocycles. The molecule has 0 unspecified atom stereocenters. The predicted octanol–water partition coefficient (Wildman–Crippen LogP) is 2.16. The maximum atomic E-state index is 12.6. The first-order valence-electron chi connectivity index (χ1n) is 8.43. The minimum absolute atomic E-state index is 0.0738. The first-order valence-corrected chi connectivity index (χ1v) is 8.43. The van der Waals surface area contributed by atoms with Crippen LogP contribution in [0.4, 0.5) is 5.69 Å². The summed E-state index contributed by atoms with van der Waals surface area (Å²) in [6, 6.07) is 15.1. The quantitative estimate of drug-likeness (QED) is 0.821. The fraction of sp³-hybridized carbons (Fsp3) is 0.300. The zero-order valence-electron chi connectivity index (χ0n) is 14.2. The maximum absolute atomic E-state index is 12.6. The molecule has 25 heavy (non-hydrogen) atoms. The number of rotatable bonds is 5. The molecule has 2 amide bonds. The van der Waals surface area contributed by atoms with Crippen molar-refractivity contribution < 1.29 is 14.7 Å². The summed E-state index contributed by atoms with van der Waals surface area (Å²) < 4.78 is 0.